The first-order chi connectivity index (χ1) is 16.4. The van der Waals surface area contributed by atoms with E-state index in [0.717, 1.165) is 11.3 Å². The summed E-state index contributed by atoms with van der Waals surface area (Å²) in [6.45, 7) is 0.00642. The van der Waals surface area contributed by atoms with E-state index in [1.165, 1.54) is 31.5 Å². The zero-order chi connectivity index (χ0) is 24.1. The molecule has 0 bridgehead atoms. The second-order valence-corrected chi connectivity index (χ2v) is 8.24. The average Bonchev–Trinajstić information content (AvgIpc) is 3.26. The number of rotatable bonds is 8. The van der Waals surface area contributed by atoms with E-state index < -0.39 is 12.5 Å². The van der Waals surface area contributed by atoms with Gasteiger partial charge in [-0.25, -0.2) is 4.98 Å². The highest BCUT2D eigenvalue weighted by Gasteiger charge is 2.24. The van der Waals surface area contributed by atoms with Crippen LogP contribution in [0.5, 0.6) is 10.9 Å². The summed E-state index contributed by atoms with van der Waals surface area (Å²) in [7, 11) is 0. The number of aromatic nitrogens is 4. The fourth-order valence-electron chi connectivity index (χ4n) is 3.12. The standard InChI is InChI=1S/C20H18ClF2N5O5S/c1-10-16(33-18(22)23)15(11-2-3-24-14(21)6-11)13(7-25-10)17(29)26-19-27-28-20(34-19)32-9-12-8-30-4-5-31-12/h2-3,6-7,12,18H,4-5,8-9H2,1H3,(H,26,27,29)/t12-/m0/s1. The van der Waals surface area contributed by atoms with Gasteiger partial charge in [-0.1, -0.05) is 16.7 Å². The fraction of sp³-hybridized carbons (Fsp3) is 0.350. The van der Waals surface area contributed by atoms with Gasteiger partial charge in [-0.05, 0) is 36.0 Å². The number of hydrogen-bond donors (Lipinski definition) is 1. The maximum atomic E-state index is 13.1. The van der Waals surface area contributed by atoms with Crippen molar-refractivity contribution >= 4 is 34.0 Å². The number of anilines is 1. The average molecular weight is 514 g/mol. The molecule has 34 heavy (non-hydrogen) atoms. The molecule has 1 aliphatic heterocycles. The van der Waals surface area contributed by atoms with Gasteiger partial charge in [0.2, 0.25) is 5.13 Å². The van der Waals surface area contributed by atoms with Crippen LogP contribution in [0, 0.1) is 6.92 Å². The molecular formula is C20H18ClF2N5O5S. The highest BCUT2D eigenvalue weighted by molar-refractivity contribution is 7.17. The third kappa shape index (κ3) is 5.91. The van der Waals surface area contributed by atoms with Crippen LogP contribution in [0.3, 0.4) is 0 Å². The van der Waals surface area contributed by atoms with Gasteiger partial charge in [-0.2, -0.15) is 8.78 Å². The number of ether oxygens (including phenoxy) is 4. The van der Waals surface area contributed by atoms with E-state index in [2.05, 4.69) is 25.5 Å². The summed E-state index contributed by atoms with van der Waals surface area (Å²) < 4.78 is 47.3. The summed E-state index contributed by atoms with van der Waals surface area (Å²) in [6.07, 6.45) is 2.42. The molecule has 4 rings (SSSR count). The van der Waals surface area contributed by atoms with E-state index in [4.69, 9.17) is 30.5 Å². The molecule has 0 aromatic carbocycles. The van der Waals surface area contributed by atoms with Crippen LogP contribution in [0.15, 0.2) is 24.5 Å². The molecule has 1 N–H and O–H groups in total. The van der Waals surface area contributed by atoms with Crippen molar-refractivity contribution in [1.29, 1.82) is 0 Å². The van der Waals surface area contributed by atoms with Crippen LogP contribution in [-0.2, 0) is 9.47 Å². The van der Waals surface area contributed by atoms with Crippen LogP contribution in [0.25, 0.3) is 11.1 Å². The number of amides is 1. The second kappa shape index (κ2) is 11.0. The molecule has 1 aliphatic rings. The normalized spacial score (nSPS) is 15.9. The number of aryl methyl sites for hydroxylation is 1. The Bertz CT molecular complexity index is 1160. The summed E-state index contributed by atoms with van der Waals surface area (Å²) in [6, 6.07) is 2.95. The van der Waals surface area contributed by atoms with Gasteiger partial charge in [-0.15, -0.1) is 5.10 Å². The Morgan fingerprint density at radius 2 is 2.21 bits per heavy atom. The molecule has 0 radical (unpaired) electrons. The minimum absolute atomic E-state index is 0.0334. The van der Waals surface area contributed by atoms with Crippen LogP contribution in [0.4, 0.5) is 13.9 Å². The molecule has 1 saturated heterocycles. The van der Waals surface area contributed by atoms with Gasteiger partial charge in [0.05, 0.1) is 31.1 Å². The Morgan fingerprint density at radius 3 is 2.94 bits per heavy atom. The predicted molar refractivity (Wildman–Crippen MR) is 118 cm³/mol. The Balaban J connectivity index is 1.56. The molecule has 0 spiro atoms. The predicted octanol–water partition coefficient (Wildman–Crippen LogP) is 3.60. The second-order valence-electron chi connectivity index (χ2n) is 6.91. The first kappa shape index (κ1) is 24.1. The van der Waals surface area contributed by atoms with Crippen molar-refractivity contribution in [2.75, 3.05) is 31.7 Å². The van der Waals surface area contributed by atoms with Crippen molar-refractivity contribution in [2.45, 2.75) is 19.6 Å². The number of nitrogens with zero attached hydrogens (tertiary/aromatic N) is 4. The summed E-state index contributed by atoms with van der Waals surface area (Å²) in [5.41, 5.74) is 0.571. The maximum Gasteiger partial charge on any atom is 0.387 e. The van der Waals surface area contributed by atoms with Crippen molar-refractivity contribution in [3.8, 4) is 22.1 Å². The van der Waals surface area contributed by atoms with Crippen LogP contribution in [-0.4, -0.2) is 65.2 Å². The van der Waals surface area contributed by atoms with Gasteiger partial charge in [0.1, 0.15) is 17.9 Å². The molecule has 0 aliphatic carbocycles. The molecule has 1 amide bonds. The van der Waals surface area contributed by atoms with Gasteiger partial charge in [0.25, 0.3) is 11.1 Å². The number of carbonyl (C=O) groups excluding carboxylic acids is 1. The zero-order valence-corrected chi connectivity index (χ0v) is 19.2. The summed E-state index contributed by atoms with van der Waals surface area (Å²) in [4.78, 5) is 21.0. The molecule has 4 heterocycles. The third-order valence-corrected chi connectivity index (χ3v) is 5.54. The molecule has 180 valence electrons. The van der Waals surface area contributed by atoms with Crippen LogP contribution in [0.1, 0.15) is 16.1 Å². The van der Waals surface area contributed by atoms with Crippen LogP contribution in [0.2, 0.25) is 5.15 Å². The van der Waals surface area contributed by atoms with Gasteiger partial charge < -0.3 is 18.9 Å². The van der Waals surface area contributed by atoms with Crippen LogP contribution >= 0.6 is 22.9 Å². The molecule has 3 aromatic heterocycles. The van der Waals surface area contributed by atoms with E-state index in [9.17, 15) is 13.6 Å². The zero-order valence-electron chi connectivity index (χ0n) is 17.7. The smallest absolute Gasteiger partial charge is 0.387 e. The highest BCUT2D eigenvalue weighted by Crippen LogP contribution is 2.37. The SMILES string of the molecule is Cc1ncc(C(=O)Nc2nnc(OC[C@@H]3COCCO3)s2)c(-c2ccnc(Cl)c2)c1OC(F)F. The highest BCUT2D eigenvalue weighted by atomic mass is 35.5. The Hall–Kier alpha value is -3.00. The van der Waals surface area contributed by atoms with Crippen molar-refractivity contribution in [1.82, 2.24) is 20.2 Å². The van der Waals surface area contributed by atoms with Gasteiger partial charge in [-0.3, -0.25) is 15.1 Å². The fourth-order valence-corrected chi connectivity index (χ4v) is 3.89. The number of halogens is 3. The summed E-state index contributed by atoms with van der Waals surface area (Å²) >= 11 is 6.97. The minimum Gasteiger partial charge on any atom is -0.466 e. The molecule has 0 unspecified atom stereocenters. The maximum absolute atomic E-state index is 13.1. The Labute approximate surface area is 201 Å². The molecule has 1 atom stereocenters. The van der Waals surface area contributed by atoms with E-state index >= 15 is 0 Å². The van der Waals surface area contributed by atoms with Crippen molar-refractivity contribution in [3.63, 3.8) is 0 Å². The molecule has 10 nitrogen and oxygen atoms in total. The lowest BCUT2D eigenvalue weighted by Gasteiger charge is -2.22. The van der Waals surface area contributed by atoms with Crippen LogP contribution < -0.4 is 14.8 Å². The molecule has 1 fully saturated rings. The summed E-state index contributed by atoms with van der Waals surface area (Å²) in [5.74, 6) is -0.915. The van der Waals surface area contributed by atoms with E-state index in [1.54, 1.807) is 0 Å². The summed E-state index contributed by atoms with van der Waals surface area (Å²) in [5, 5.41) is 10.8. The van der Waals surface area contributed by atoms with Crippen molar-refractivity contribution in [3.05, 3.63) is 40.9 Å². The van der Waals surface area contributed by atoms with E-state index in [1.807, 2.05) is 0 Å². The third-order valence-electron chi connectivity index (χ3n) is 4.58. The lowest BCUT2D eigenvalue weighted by molar-refractivity contribution is -0.101. The van der Waals surface area contributed by atoms with Crippen molar-refractivity contribution < 1.29 is 32.5 Å². The monoisotopic (exact) mass is 513 g/mol. The van der Waals surface area contributed by atoms with Crippen molar-refractivity contribution in [2.24, 2.45) is 0 Å². The van der Waals surface area contributed by atoms with E-state index in [0.29, 0.717) is 25.4 Å². The quantitative estimate of drug-likeness (QED) is 0.451. The number of alkyl halides is 2. The number of hydrogen-bond acceptors (Lipinski definition) is 10. The molecule has 14 heteroatoms. The molecule has 0 saturated carbocycles. The van der Waals surface area contributed by atoms with E-state index in [-0.39, 0.29) is 50.8 Å². The van der Waals surface area contributed by atoms with Gasteiger partial charge >= 0.3 is 6.61 Å². The Morgan fingerprint density at radius 1 is 1.35 bits per heavy atom. The Kier molecular flexibility index (Phi) is 7.77. The van der Waals surface area contributed by atoms with Gasteiger partial charge in [0.15, 0.2) is 5.75 Å². The minimum atomic E-state index is -3.13. The largest absolute Gasteiger partial charge is 0.466 e. The first-order valence-electron chi connectivity index (χ1n) is 9.94. The lowest BCUT2D eigenvalue weighted by atomic mass is 9.99. The number of nitrogens with one attached hydrogen (secondary N) is 1. The van der Waals surface area contributed by atoms with Gasteiger partial charge in [0, 0.05) is 18.0 Å². The number of pyridine rings is 2. The lowest BCUT2D eigenvalue weighted by Crippen LogP contribution is -2.33. The number of carbonyl (C=O) groups is 1. The molecular weight excluding hydrogens is 496 g/mol. The first-order valence-corrected chi connectivity index (χ1v) is 11.1. The topological polar surface area (TPSA) is 118 Å². The molecule has 3 aromatic rings.